The van der Waals surface area contributed by atoms with Crippen molar-refractivity contribution in [2.24, 2.45) is 5.92 Å². The van der Waals surface area contributed by atoms with Crippen LogP contribution in [0.15, 0.2) is 36.0 Å². The van der Waals surface area contributed by atoms with E-state index in [9.17, 15) is 0 Å². The van der Waals surface area contributed by atoms with Gasteiger partial charge in [-0.2, -0.15) is 0 Å². The van der Waals surface area contributed by atoms with E-state index in [2.05, 4.69) is 40.7 Å². The molecule has 17 heavy (non-hydrogen) atoms. The minimum absolute atomic E-state index is 0.710. The molecule has 1 N–H and O–H groups in total. The van der Waals surface area contributed by atoms with Crippen molar-refractivity contribution in [3.63, 3.8) is 0 Å². The highest BCUT2D eigenvalue weighted by molar-refractivity contribution is 5.52. The lowest BCUT2D eigenvalue weighted by molar-refractivity contribution is 0.340. The first kappa shape index (κ1) is 10.5. The van der Waals surface area contributed by atoms with Crippen molar-refractivity contribution in [1.82, 2.24) is 5.32 Å². The van der Waals surface area contributed by atoms with E-state index in [1.165, 1.54) is 5.69 Å². The lowest BCUT2D eigenvalue weighted by Gasteiger charge is -2.19. The molecule has 0 amide bonds. The number of nitrogens with zero attached hydrogens (tertiary/aromatic N) is 1. The van der Waals surface area contributed by atoms with E-state index in [1.807, 2.05) is 6.92 Å². The minimum atomic E-state index is 0.710. The van der Waals surface area contributed by atoms with E-state index in [1.54, 1.807) is 5.57 Å². The van der Waals surface area contributed by atoms with Crippen molar-refractivity contribution in [2.75, 3.05) is 31.1 Å². The van der Waals surface area contributed by atoms with E-state index in [0.29, 0.717) is 5.92 Å². The first-order valence-electron chi connectivity index (χ1n) is 6.27. The Balaban J connectivity index is 1.72. The van der Waals surface area contributed by atoms with Crippen LogP contribution >= 0.6 is 0 Å². The molecule has 1 fully saturated rings. The maximum Gasteiger partial charge on any atom is 0.119 e. The van der Waals surface area contributed by atoms with E-state index in [4.69, 9.17) is 4.74 Å². The molecule has 1 atom stereocenters. The van der Waals surface area contributed by atoms with Gasteiger partial charge in [-0.05, 0) is 43.0 Å². The quantitative estimate of drug-likeness (QED) is 0.859. The molecule has 0 spiro atoms. The van der Waals surface area contributed by atoms with Gasteiger partial charge < -0.3 is 15.0 Å². The molecule has 1 aromatic carbocycles. The number of hydrogen-bond acceptors (Lipinski definition) is 3. The fourth-order valence-electron chi connectivity index (χ4n) is 2.61. The van der Waals surface area contributed by atoms with Gasteiger partial charge in [0, 0.05) is 31.2 Å². The standard InChI is InChI=1S/C14H18N2O/c1-2-17-14-5-3-13(4-6-14)16-9-11-7-15-8-12(11)10-16/h3-7,12,15H,2,8-10H2,1H3. The normalized spacial score (nSPS) is 22.1. The van der Waals surface area contributed by atoms with Crippen molar-refractivity contribution in [1.29, 1.82) is 0 Å². The van der Waals surface area contributed by atoms with Crippen molar-refractivity contribution < 1.29 is 4.74 Å². The molecule has 3 nitrogen and oxygen atoms in total. The highest BCUT2D eigenvalue weighted by Crippen LogP contribution is 2.30. The van der Waals surface area contributed by atoms with Gasteiger partial charge in [-0.1, -0.05) is 0 Å². The maximum atomic E-state index is 5.46. The third-order valence-electron chi connectivity index (χ3n) is 3.50. The second-order valence-electron chi connectivity index (χ2n) is 4.63. The Kier molecular flexibility index (Phi) is 2.67. The highest BCUT2D eigenvalue weighted by atomic mass is 16.5. The first-order valence-corrected chi connectivity index (χ1v) is 6.27. The van der Waals surface area contributed by atoms with Crippen LogP contribution in [-0.4, -0.2) is 26.2 Å². The van der Waals surface area contributed by atoms with Gasteiger partial charge >= 0.3 is 0 Å². The lowest BCUT2D eigenvalue weighted by atomic mass is 10.1. The summed E-state index contributed by atoms with van der Waals surface area (Å²) in [6.45, 7) is 6.03. The molecule has 3 heteroatoms. The van der Waals surface area contributed by atoms with Gasteiger partial charge in [0.2, 0.25) is 0 Å². The predicted octanol–water partition coefficient (Wildman–Crippen LogP) is 2.01. The predicted molar refractivity (Wildman–Crippen MR) is 69.4 cm³/mol. The molecule has 2 aliphatic heterocycles. The van der Waals surface area contributed by atoms with Crippen molar-refractivity contribution in [3.05, 3.63) is 36.0 Å². The largest absolute Gasteiger partial charge is 0.494 e. The number of nitrogens with one attached hydrogen (secondary N) is 1. The van der Waals surface area contributed by atoms with Crippen LogP contribution in [0.2, 0.25) is 0 Å². The Hall–Kier alpha value is -1.64. The summed E-state index contributed by atoms with van der Waals surface area (Å²) in [6, 6.07) is 8.42. The van der Waals surface area contributed by atoms with Gasteiger partial charge in [-0.25, -0.2) is 0 Å². The smallest absolute Gasteiger partial charge is 0.119 e. The zero-order valence-electron chi connectivity index (χ0n) is 10.1. The molecule has 1 unspecified atom stereocenters. The monoisotopic (exact) mass is 230 g/mol. The Bertz CT molecular complexity index is 424. The van der Waals surface area contributed by atoms with Gasteiger partial charge in [0.1, 0.15) is 5.75 Å². The van der Waals surface area contributed by atoms with Gasteiger partial charge in [0.15, 0.2) is 0 Å². The summed E-state index contributed by atoms with van der Waals surface area (Å²) in [5.41, 5.74) is 2.84. The van der Waals surface area contributed by atoms with E-state index in [0.717, 1.165) is 32.0 Å². The number of anilines is 1. The van der Waals surface area contributed by atoms with E-state index >= 15 is 0 Å². The Morgan fingerprint density at radius 3 is 2.88 bits per heavy atom. The molecule has 0 radical (unpaired) electrons. The molecule has 0 bridgehead atoms. The van der Waals surface area contributed by atoms with Crippen LogP contribution in [-0.2, 0) is 0 Å². The second kappa shape index (κ2) is 4.32. The molecule has 2 aliphatic rings. The van der Waals surface area contributed by atoms with Gasteiger partial charge in [-0.15, -0.1) is 0 Å². The molecule has 3 rings (SSSR count). The van der Waals surface area contributed by atoms with Gasteiger partial charge in [0.05, 0.1) is 6.61 Å². The number of benzene rings is 1. The molecular formula is C14H18N2O. The summed E-state index contributed by atoms with van der Waals surface area (Å²) in [7, 11) is 0. The van der Waals surface area contributed by atoms with Crippen LogP contribution in [0.5, 0.6) is 5.75 Å². The molecule has 1 saturated heterocycles. The molecule has 90 valence electrons. The number of rotatable bonds is 3. The third-order valence-corrected chi connectivity index (χ3v) is 3.50. The number of ether oxygens (including phenoxy) is 1. The summed E-state index contributed by atoms with van der Waals surface area (Å²) >= 11 is 0. The average molecular weight is 230 g/mol. The number of hydrogen-bond donors (Lipinski definition) is 1. The summed E-state index contributed by atoms with van der Waals surface area (Å²) in [5, 5.41) is 3.31. The Labute approximate surface area is 102 Å². The Morgan fingerprint density at radius 1 is 1.35 bits per heavy atom. The van der Waals surface area contributed by atoms with Gasteiger partial charge in [-0.3, -0.25) is 0 Å². The fraction of sp³-hybridized carbons (Fsp3) is 0.429. The first-order chi connectivity index (χ1) is 8.36. The topological polar surface area (TPSA) is 24.5 Å². The fourth-order valence-corrected chi connectivity index (χ4v) is 2.61. The molecule has 0 aliphatic carbocycles. The van der Waals surface area contributed by atoms with Gasteiger partial charge in [0.25, 0.3) is 0 Å². The van der Waals surface area contributed by atoms with Crippen molar-refractivity contribution >= 4 is 5.69 Å². The lowest BCUT2D eigenvalue weighted by Crippen LogP contribution is -2.23. The minimum Gasteiger partial charge on any atom is -0.494 e. The van der Waals surface area contributed by atoms with Crippen molar-refractivity contribution in [3.8, 4) is 5.75 Å². The summed E-state index contributed by atoms with van der Waals surface area (Å²) in [5.74, 6) is 1.66. The molecule has 0 saturated carbocycles. The summed E-state index contributed by atoms with van der Waals surface area (Å²) < 4.78 is 5.46. The third kappa shape index (κ3) is 1.97. The second-order valence-corrected chi connectivity index (χ2v) is 4.63. The van der Waals surface area contributed by atoms with Crippen molar-refractivity contribution in [2.45, 2.75) is 6.92 Å². The zero-order valence-corrected chi connectivity index (χ0v) is 10.1. The van der Waals surface area contributed by atoms with E-state index < -0.39 is 0 Å². The highest BCUT2D eigenvalue weighted by Gasteiger charge is 2.29. The van der Waals surface area contributed by atoms with Crippen LogP contribution < -0.4 is 15.0 Å². The van der Waals surface area contributed by atoms with E-state index in [-0.39, 0.29) is 0 Å². The average Bonchev–Trinajstić information content (AvgIpc) is 2.90. The molecule has 0 aromatic heterocycles. The molecule has 2 heterocycles. The number of fused-ring (bicyclic) bond motifs is 1. The Morgan fingerprint density at radius 2 is 2.18 bits per heavy atom. The van der Waals surface area contributed by atoms with Crippen LogP contribution in [0.25, 0.3) is 0 Å². The molecule has 1 aromatic rings. The summed E-state index contributed by atoms with van der Waals surface area (Å²) in [6.07, 6.45) is 2.18. The van der Waals surface area contributed by atoms with Crippen LogP contribution in [0.1, 0.15) is 6.92 Å². The molecular weight excluding hydrogens is 212 g/mol. The van der Waals surface area contributed by atoms with Crippen LogP contribution in [0.3, 0.4) is 0 Å². The van der Waals surface area contributed by atoms with Crippen LogP contribution in [0.4, 0.5) is 5.69 Å². The SMILES string of the molecule is CCOc1ccc(N2CC3=CNCC3C2)cc1. The summed E-state index contributed by atoms with van der Waals surface area (Å²) in [4.78, 5) is 2.44. The maximum absolute atomic E-state index is 5.46. The van der Waals surface area contributed by atoms with Crippen LogP contribution in [0, 0.1) is 5.92 Å². The zero-order chi connectivity index (χ0) is 11.7.